The summed E-state index contributed by atoms with van der Waals surface area (Å²) in [5, 5.41) is 0. The molecule has 0 unspecified atom stereocenters. The van der Waals surface area contributed by atoms with Crippen molar-refractivity contribution in [3.8, 4) is 11.8 Å². The number of aryl methyl sites for hydroxylation is 1. The second-order valence-electron chi connectivity index (χ2n) is 6.71. The summed E-state index contributed by atoms with van der Waals surface area (Å²) in [6.45, 7) is 6.48. The van der Waals surface area contributed by atoms with E-state index in [1.54, 1.807) is 36.0 Å². The number of rotatable bonds is 5. The van der Waals surface area contributed by atoms with Crippen molar-refractivity contribution in [2.24, 2.45) is 0 Å². The van der Waals surface area contributed by atoms with Gasteiger partial charge in [0.15, 0.2) is 6.61 Å². The van der Waals surface area contributed by atoms with Gasteiger partial charge < -0.3 is 14.5 Å². The van der Waals surface area contributed by atoms with Gasteiger partial charge in [-0.3, -0.25) is 9.36 Å². The summed E-state index contributed by atoms with van der Waals surface area (Å²) in [4.78, 5) is 37.3. The van der Waals surface area contributed by atoms with Crippen LogP contribution in [0.4, 0.5) is 5.82 Å². The Hall–Kier alpha value is -3.56. The van der Waals surface area contributed by atoms with Gasteiger partial charge in [0.05, 0.1) is 5.69 Å². The fourth-order valence-electron chi connectivity index (χ4n) is 3.13. The molecule has 3 aromatic heterocycles. The first-order valence-electron chi connectivity index (χ1n) is 9.37. The Kier molecular flexibility index (Phi) is 5.32. The molecule has 4 heterocycles. The average molecular weight is 394 g/mol. The van der Waals surface area contributed by atoms with Crippen molar-refractivity contribution in [2.75, 3.05) is 37.7 Å². The van der Waals surface area contributed by atoms with E-state index in [0.717, 1.165) is 23.0 Å². The van der Waals surface area contributed by atoms with E-state index in [9.17, 15) is 4.79 Å². The van der Waals surface area contributed by atoms with Crippen molar-refractivity contribution >= 4 is 11.7 Å². The number of amides is 1. The molecular weight excluding hydrogens is 372 g/mol. The average Bonchev–Trinajstić information content (AvgIpc) is 3.11. The molecule has 10 nitrogen and oxygen atoms in total. The molecule has 3 aromatic rings. The van der Waals surface area contributed by atoms with Crippen LogP contribution in [0.25, 0.3) is 5.82 Å². The molecule has 0 N–H and O–H groups in total. The zero-order valence-corrected chi connectivity index (χ0v) is 16.4. The monoisotopic (exact) mass is 394 g/mol. The lowest BCUT2D eigenvalue weighted by molar-refractivity contribution is -0.133. The molecule has 0 radical (unpaired) electrons. The van der Waals surface area contributed by atoms with E-state index in [1.807, 2.05) is 24.5 Å². The van der Waals surface area contributed by atoms with Crippen LogP contribution in [0, 0.1) is 13.8 Å². The van der Waals surface area contributed by atoms with Crippen molar-refractivity contribution in [2.45, 2.75) is 13.8 Å². The summed E-state index contributed by atoms with van der Waals surface area (Å²) < 4.78 is 7.30. The summed E-state index contributed by atoms with van der Waals surface area (Å²) in [7, 11) is 0. The van der Waals surface area contributed by atoms with Crippen LogP contribution in [0.2, 0.25) is 0 Å². The first-order valence-corrected chi connectivity index (χ1v) is 9.37. The van der Waals surface area contributed by atoms with Crippen LogP contribution in [0.15, 0.2) is 37.2 Å². The van der Waals surface area contributed by atoms with E-state index < -0.39 is 0 Å². The van der Waals surface area contributed by atoms with E-state index in [4.69, 9.17) is 4.74 Å². The number of anilines is 1. The number of hydrogen-bond donors (Lipinski definition) is 0. The molecule has 0 aliphatic carbocycles. The summed E-state index contributed by atoms with van der Waals surface area (Å²) in [6.07, 6.45) is 6.48. The standard InChI is InChI=1S/C19H22N8O2/c1-14-15(2)27(13-24-14)17-10-16(22-12-23-17)25-6-8-26(9-7-25)18(28)11-29-19-20-4-3-5-21-19/h3-5,10,12-13H,6-9,11H2,1-2H3. The zero-order valence-electron chi connectivity index (χ0n) is 16.4. The fraction of sp³-hybridized carbons (Fsp3) is 0.368. The minimum atomic E-state index is -0.0787. The third-order valence-corrected chi connectivity index (χ3v) is 4.96. The maximum absolute atomic E-state index is 12.4. The smallest absolute Gasteiger partial charge is 0.316 e. The fourth-order valence-corrected chi connectivity index (χ4v) is 3.13. The van der Waals surface area contributed by atoms with E-state index in [0.29, 0.717) is 26.2 Å². The van der Waals surface area contributed by atoms with Crippen molar-refractivity contribution in [3.05, 3.63) is 48.6 Å². The van der Waals surface area contributed by atoms with Gasteiger partial charge in [-0.2, -0.15) is 0 Å². The first-order chi connectivity index (χ1) is 14.1. The molecule has 0 spiro atoms. The lowest BCUT2D eigenvalue weighted by Gasteiger charge is -2.35. The number of aromatic nitrogens is 6. The minimum absolute atomic E-state index is 0.0685. The molecule has 10 heteroatoms. The van der Waals surface area contributed by atoms with Gasteiger partial charge in [-0.15, -0.1) is 0 Å². The molecule has 4 rings (SSSR count). The molecule has 1 aliphatic rings. The molecule has 0 aromatic carbocycles. The Morgan fingerprint density at radius 2 is 1.72 bits per heavy atom. The predicted molar refractivity (Wildman–Crippen MR) is 105 cm³/mol. The lowest BCUT2D eigenvalue weighted by Crippen LogP contribution is -2.50. The molecular formula is C19H22N8O2. The number of nitrogens with zero attached hydrogens (tertiary/aromatic N) is 8. The lowest BCUT2D eigenvalue weighted by atomic mass is 10.3. The second kappa shape index (κ2) is 8.21. The highest BCUT2D eigenvalue weighted by atomic mass is 16.5. The molecule has 1 fully saturated rings. The van der Waals surface area contributed by atoms with Gasteiger partial charge in [-0.1, -0.05) is 0 Å². The summed E-state index contributed by atoms with van der Waals surface area (Å²) in [5.41, 5.74) is 2.02. The Balaban J connectivity index is 1.35. The highest BCUT2D eigenvalue weighted by molar-refractivity contribution is 5.78. The molecule has 1 amide bonds. The van der Waals surface area contributed by atoms with Crippen LogP contribution in [0.5, 0.6) is 6.01 Å². The van der Waals surface area contributed by atoms with Crippen LogP contribution in [0.3, 0.4) is 0 Å². The molecule has 150 valence electrons. The molecule has 0 bridgehead atoms. The molecule has 0 saturated carbocycles. The van der Waals surface area contributed by atoms with Crippen LogP contribution in [-0.4, -0.2) is 73.1 Å². The van der Waals surface area contributed by atoms with Gasteiger partial charge in [0.25, 0.3) is 5.91 Å². The number of carbonyl (C=O) groups excluding carboxylic acids is 1. The van der Waals surface area contributed by atoms with E-state index in [1.165, 1.54) is 0 Å². The maximum atomic E-state index is 12.4. The van der Waals surface area contributed by atoms with Crippen LogP contribution in [0.1, 0.15) is 11.4 Å². The van der Waals surface area contributed by atoms with E-state index in [-0.39, 0.29) is 18.5 Å². The third-order valence-electron chi connectivity index (χ3n) is 4.96. The quantitative estimate of drug-likeness (QED) is 0.626. The third kappa shape index (κ3) is 4.15. The number of piperazine rings is 1. The molecule has 0 atom stereocenters. The van der Waals surface area contributed by atoms with Crippen molar-refractivity contribution in [3.63, 3.8) is 0 Å². The molecule has 29 heavy (non-hydrogen) atoms. The van der Waals surface area contributed by atoms with Crippen LogP contribution >= 0.6 is 0 Å². The van der Waals surface area contributed by atoms with E-state index >= 15 is 0 Å². The maximum Gasteiger partial charge on any atom is 0.316 e. The highest BCUT2D eigenvalue weighted by Gasteiger charge is 2.23. The summed E-state index contributed by atoms with van der Waals surface area (Å²) >= 11 is 0. The predicted octanol–water partition coefficient (Wildman–Crippen LogP) is 0.797. The number of hydrogen-bond acceptors (Lipinski definition) is 8. The Morgan fingerprint density at radius 1 is 1.00 bits per heavy atom. The van der Waals surface area contributed by atoms with Gasteiger partial charge in [0, 0.05) is 50.3 Å². The number of carbonyl (C=O) groups is 1. The van der Waals surface area contributed by atoms with E-state index in [2.05, 4.69) is 29.8 Å². The van der Waals surface area contributed by atoms with Gasteiger partial charge in [-0.25, -0.2) is 24.9 Å². The van der Waals surface area contributed by atoms with Gasteiger partial charge in [0.2, 0.25) is 0 Å². The van der Waals surface area contributed by atoms with Crippen molar-refractivity contribution in [1.29, 1.82) is 0 Å². The normalized spacial score (nSPS) is 14.1. The highest BCUT2D eigenvalue weighted by Crippen LogP contribution is 2.18. The van der Waals surface area contributed by atoms with Crippen LogP contribution in [-0.2, 0) is 4.79 Å². The number of imidazole rings is 1. The van der Waals surface area contributed by atoms with Gasteiger partial charge in [-0.05, 0) is 19.9 Å². The number of ether oxygens (including phenoxy) is 1. The topological polar surface area (TPSA) is 102 Å². The second-order valence-corrected chi connectivity index (χ2v) is 6.71. The first kappa shape index (κ1) is 18.8. The van der Waals surface area contributed by atoms with Gasteiger partial charge in [0.1, 0.15) is 24.3 Å². The minimum Gasteiger partial charge on any atom is -0.453 e. The summed E-state index contributed by atoms with van der Waals surface area (Å²) in [5.74, 6) is 1.54. The Bertz CT molecular complexity index is 983. The Labute approximate surface area is 168 Å². The van der Waals surface area contributed by atoms with Crippen molar-refractivity contribution in [1.82, 2.24) is 34.4 Å². The molecule has 1 aliphatic heterocycles. The van der Waals surface area contributed by atoms with Crippen LogP contribution < -0.4 is 9.64 Å². The largest absolute Gasteiger partial charge is 0.453 e. The summed E-state index contributed by atoms with van der Waals surface area (Å²) in [6, 6.07) is 3.85. The van der Waals surface area contributed by atoms with Gasteiger partial charge >= 0.3 is 6.01 Å². The SMILES string of the molecule is Cc1ncn(-c2cc(N3CCN(C(=O)COc4ncccn4)CC3)ncn2)c1C. The van der Waals surface area contributed by atoms with Crippen molar-refractivity contribution < 1.29 is 9.53 Å². The zero-order chi connectivity index (χ0) is 20.2. The Morgan fingerprint density at radius 3 is 2.41 bits per heavy atom. The molecule has 1 saturated heterocycles.